The number of imide groups is 1. The Morgan fingerprint density at radius 1 is 1.07 bits per heavy atom. The summed E-state index contributed by atoms with van der Waals surface area (Å²) in [6.07, 6.45) is 1.24. The largest absolute Gasteiger partial charge is 0.395 e. The highest BCUT2D eigenvalue weighted by Gasteiger charge is 2.30. The van der Waals surface area contributed by atoms with E-state index in [1.54, 1.807) is 0 Å². The van der Waals surface area contributed by atoms with Gasteiger partial charge in [-0.1, -0.05) is 36.4 Å². The zero-order chi connectivity index (χ0) is 19.2. The first-order valence-corrected chi connectivity index (χ1v) is 8.50. The molecule has 1 heterocycles. The van der Waals surface area contributed by atoms with Crippen molar-refractivity contribution in [1.82, 2.24) is 4.90 Å². The normalized spacial score (nSPS) is 14.4. The lowest BCUT2D eigenvalue weighted by Gasteiger charge is -2.15. The topological polar surface area (TPSA) is 94.0 Å². The number of hydrogen-bond donors (Lipinski definition) is 3. The number of benzene rings is 2. The van der Waals surface area contributed by atoms with Gasteiger partial charge in [-0.3, -0.25) is 19.9 Å². The Kier molecular flexibility index (Phi) is 5.63. The van der Waals surface area contributed by atoms with Crippen molar-refractivity contribution in [2.75, 3.05) is 23.9 Å². The third-order valence-electron chi connectivity index (χ3n) is 4.05. The van der Waals surface area contributed by atoms with E-state index in [-0.39, 0.29) is 18.8 Å². The summed E-state index contributed by atoms with van der Waals surface area (Å²) >= 11 is 0. The van der Waals surface area contributed by atoms with Crippen LogP contribution in [0.5, 0.6) is 0 Å². The number of carbonyl (C=O) groups is 2. The molecule has 0 spiro atoms. The van der Waals surface area contributed by atoms with Crippen LogP contribution in [0.25, 0.3) is 0 Å². The molecule has 0 saturated carbocycles. The first-order chi connectivity index (χ1) is 13.1. The van der Waals surface area contributed by atoms with Gasteiger partial charge in [-0.25, -0.2) is 0 Å². The predicted molar refractivity (Wildman–Crippen MR) is 104 cm³/mol. The standard InChI is InChI=1S/C20H20N4O3/c1-14(22-23-15-7-3-2-4-8-15)16-9-5-6-10-17(16)21-18-13-19(26)24(11-12-25)20(18)27/h2-10,13,21,23,25H,11-12H2,1H3. The smallest absolute Gasteiger partial charge is 0.277 e. The maximum atomic E-state index is 12.3. The molecule has 0 saturated heterocycles. The number of hydrogen-bond acceptors (Lipinski definition) is 6. The third-order valence-corrected chi connectivity index (χ3v) is 4.05. The van der Waals surface area contributed by atoms with Gasteiger partial charge in [-0.2, -0.15) is 5.10 Å². The highest BCUT2D eigenvalue weighted by molar-refractivity contribution is 6.18. The average Bonchev–Trinajstić information content (AvgIpc) is 2.95. The van der Waals surface area contributed by atoms with Gasteiger partial charge >= 0.3 is 0 Å². The van der Waals surface area contributed by atoms with Crippen LogP contribution in [0.1, 0.15) is 12.5 Å². The average molecular weight is 364 g/mol. The summed E-state index contributed by atoms with van der Waals surface area (Å²) in [5, 5.41) is 16.4. The Morgan fingerprint density at radius 3 is 2.52 bits per heavy atom. The number of aliphatic hydroxyl groups is 1. The molecule has 3 rings (SSSR count). The van der Waals surface area contributed by atoms with Crippen molar-refractivity contribution in [3.8, 4) is 0 Å². The van der Waals surface area contributed by atoms with Crippen LogP contribution < -0.4 is 10.7 Å². The van der Waals surface area contributed by atoms with Crippen molar-refractivity contribution < 1.29 is 14.7 Å². The van der Waals surface area contributed by atoms with Crippen molar-refractivity contribution in [2.24, 2.45) is 5.10 Å². The molecular weight excluding hydrogens is 344 g/mol. The van der Waals surface area contributed by atoms with Gasteiger partial charge in [0.1, 0.15) is 5.70 Å². The molecule has 0 aliphatic carbocycles. The minimum Gasteiger partial charge on any atom is -0.395 e. The van der Waals surface area contributed by atoms with Crippen molar-refractivity contribution >= 4 is 28.9 Å². The molecule has 27 heavy (non-hydrogen) atoms. The SMILES string of the molecule is CC(=NNc1ccccc1)c1ccccc1NC1=CC(=O)N(CCO)C1=O. The molecule has 2 aromatic carbocycles. The van der Waals surface area contributed by atoms with Gasteiger partial charge in [-0.15, -0.1) is 0 Å². The summed E-state index contributed by atoms with van der Waals surface area (Å²) in [7, 11) is 0. The Balaban J connectivity index is 1.79. The fourth-order valence-electron chi connectivity index (χ4n) is 2.68. The molecular formula is C20H20N4O3. The Morgan fingerprint density at radius 2 is 1.78 bits per heavy atom. The van der Waals surface area contributed by atoms with Crippen molar-refractivity contribution in [1.29, 1.82) is 0 Å². The van der Waals surface area contributed by atoms with Crippen LogP contribution in [0, 0.1) is 0 Å². The second-order valence-electron chi connectivity index (χ2n) is 5.92. The van der Waals surface area contributed by atoms with E-state index in [0.717, 1.165) is 16.2 Å². The maximum Gasteiger partial charge on any atom is 0.277 e. The zero-order valence-corrected chi connectivity index (χ0v) is 14.8. The van der Waals surface area contributed by atoms with E-state index in [4.69, 9.17) is 5.11 Å². The van der Waals surface area contributed by atoms with Crippen LogP contribution in [-0.2, 0) is 9.59 Å². The van der Waals surface area contributed by atoms with Gasteiger partial charge in [0.2, 0.25) is 0 Å². The van der Waals surface area contributed by atoms with Crippen molar-refractivity contribution in [3.05, 3.63) is 71.9 Å². The number of hydrazone groups is 1. The lowest BCUT2D eigenvalue weighted by Crippen LogP contribution is -2.34. The van der Waals surface area contributed by atoms with Gasteiger partial charge in [0.15, 0.2) is 0 Å². The van der Waals surface area contributed by atoms with Gasteiger partial charge in [0.05, 0.1) is 24.6 Å². The maximum absolute atomic E-state index is 12.3. The summed E-state index contributed by atoms with van der Waals surface area (Å²) in [5.74, 6) is -0.897. The van der Waals surface area contributed by atoms with E-state index in [2.05, 4.69) is 15.8 Å². The number of rotatable bonds is 7. The molecule has 7 heteroatoms. The molecule has 2 amide bonds. The van der Waals surface area contributed by atoms with Gasteiger partial charge in [-0.05, 0) is 25.1 Å². The first-order valence-electron chi connectivity index (χ1n) is 8.50. The number of nitrogens with zero attached hydrogens (tertiary/aromatic N) is 2. The van der Waals surface area contributed by atoms with Crippen LogP contribution in [0.4, 0.5) is 11.4 Å². The quantitative estimate of drug-likeness (QED) is 0.398. The minimum atomic E-state index is -0.458. The summed E-state index contributed by atoms with van der Waals surface area (Å²) in [5.41, 5.74) is 6.19. The molecule has 138 valence electrons. The van der Waals surface area contributed by atoms with Crippen molar-refractivity contribution in [3.63, 3.8) is 0 Å². The molecule has 0 fully saturated rings. The Labute approximate surface area is 157 Å². The molecule has 7 nitrogen and oxygen atoms in total. The van der Waals surface area contributed by atoms with Gasteiger partial charge in [0.25, 0.3) is 11.8 Å². The number of aliphatic hydroxyl groups excluding tert-OH is 1. The van der Waals surface area contributed by atoms with E-state index in [1.165, 1.54) is 6.08 Å². The number of anilines is 2. The van der Waals surface area contributed by atoms with Crippen LogP contribution >= 0.6 is 0 Å². The molecule has 2 aromatic rings. The highest BCUT2D eigenvalue weighted by atomic mass is 16.3. The molecule has 0 radical (unpaired) electrons. The van der Waals surface area contributed by atoms with E-state index in [1.807, 2.05) is 61.5 Å². The first kappa shape index (κ1) is 18.3. The fourth-order valence-corrected chi connectivity index (χ4v) is 2.68. The predicted octanol–water partition coefficient (Wildman–Crippen LogP) is 2.18. The number of amides is 2. The summed E-state index contributed by atoms with van der Waals surface area (Å²) in [6, 6.07) is 17.0. The Bertz CT molecular complexity index is 906. The molecule has 0 aromatic heterocycles. The highest BCUT2D eigenvalue weighted by Crippen LogP contribution is 2.21. The summed E-state index contributed by atoms with van der Waals surface area (Å²) < 4.78 is 0. The van der Waals surface area contributed by atoms with Crippen LogP contribution in [-0.4, -0.2) is 40.7 Å². The molecule has 0 unspecified atom stereocenters. The molecule has 0 atom stereocenters. The third kappa shape index (κ3) is 4.21. The van der Waals surface area contributed by atoms with E-state index in [9.17, 15) is 9.59 Å². The van der Waals surface area contributed by atoms with E-state index >= 15 is 0 Å². The zero-order valence-electron chi connectivity index (χ0n) is 14.8. The fraction of sp³-hybridized carbons (Fsp3) is 0.150. The summed E-state index contributed by atoms with van der Waals surface area (Å²) in [4.78, 5) is 25.2. The summed E-state index contributed by atoms with van der Waals surface area (Å²) in [6.45, 7) is 1.55. The number of para-hydroxylation sites is 2. The number of carbonyl (C=O) groups excluding carboxylic acids is 2. The monoisotopic (exact) mass is 364 g/mol. The van der Waals surface area contributed by atoms with Crippen molar-refractivity contribution in [2.45, 2.75) is 6.92 Å². The molecule has 0 bridgehead atoms. The van der Waals surface area contributed by atoms with Gasteiger partial charge in [0, 0.05) is 17.3 Å². The number of β-amino-alcohol motifs (C(OH)–C–C–N with tert-alkyl or cyclic N) is 1. The van der Waals surface area contributed by atoms with Crippen LogP contribution in [0.2, 0.25) is 0 Å². The second-order valence-corrected chi connectivity index (χ2v) is 5.92. The van der Waals surface area contributed by atoms with Crippen LogP contribution in [0.3, 0.4) is 0 Å². The van der Waals surface area contributed by atoms with Gasteiger partial charge < -0.3 is 10.4 Å². The molecule has 3 N–H and O–H groups in total. The second kappa shape index (κ2) is 8.29. The van der Waals surface area contributed by atoms with E-state index < -0.39 is 11.8 Å². The minimum absolute atomic E-state index is 0.0253. The van der Waals surface area contributed by atoms with E-state index in [0.29, 0.717) is 11.4 Å². The lowest BCUT2D eigenvalue weighted by atomic mass is 10.1. The number of nitrogens with one attached hydrogen (secondary N) is 2. The molecule has 1 aliphatic rings. The van der Waals surface area contributed by atoms with Crippen LogP contribution in [0.15, 0.2) is 71.5 Å². The lowest BCUT2D eigenvalue weighted by molar-refractivity contribution is -0.137. The molecule has 1 aliphatic heterocycles. The Hall–Kier alpha value is -3.45.